The summed E-state index contributed by atoms with van der Waals surface area (Å²) in [6.45, 7) is 3.25. The lowest BCUT2D eigenvalue weighted by Gasteiger charge is -2.20. The lowest BCUT2D eigenvalue weighted by Crippen LogP contribution is -2.36. The molecule has 1 unspecified atom stereocenters. The molecule has 0 amide bonds. The number of rotatable bonds is 3. The second-order valence-electron chi connectivity index (χ2n) is 2.75. The zero-order valence-corrected chi connectivity index (χ0v) is 7.08. The monoisotopic (exact) mass is 183 g/mol. The first-order valence-electron chi connectivity index (χ1n) is 3.90. The van der Waals surface area contributed by atoms with Crippen molar-refractivity contribution in [1.82, 2.24) is 0 Å². The maximum absolute atomic E-state index is 13.4. The van der Waals surface area contributed by atoms with Crippen molar-refractivity contribution in [3.63, 3.8) is 0 Å². The van der Waals surface area contributed by atoms with Crippen LogP contribution >= 0.6 is 0 Å². The molecule has 0 spiro atoms. The molecular weight excluding hydrogens is 172 g/mol. The van der Waals surface area contributed by atoms with Crippen LogP contribution in [0.3, 0.4) is 0 Å². The lowest BCUT2D eigenvalue weighted by molar-refractivity contribution is -0.0169. The molecular formula is C10H11F2N. The maximum Gasteiger partial charge on any atom is 0.291 e. The Kier molecular flexibility index (Phi) is 2.78. The van der Waals surface area contributed by atoms with Gasteiger partial charge >= 0.3 is 0 Å². The fraction of sp³-hybridized carbons (Fsp3) is 0.200. The summed E-state index contributed by atoms with van der Waals surface area (Å²) in [5, 5.41) is 0. The van der Waals surface area contributed by atoms with Crippen molar-refractivity contribution >= 4 is 0 Å². The number of hydrogen-bond donors (Lipinski definition) is 1. The van der Waals surface area contributed by atoms with E-state index in [4.69, 9.17) is 5.73 Å². The van der Waals surface area contributed by atoms with Gasteiger partial charge in [-0.2, -0.15) is 8.78 Å². The van der Waals surface area contributed by atoms with Gasteiger partial charge in [-0.05, 0) is 0 Å². The van der Waals surface area contributed by atoms with Crippen LogP contribution in [0, 0.1) is 0 Å². The van der Waals surface area contributed by atoms with E-state index in [-0.39, 0.29) is 5.56 Å². The van der Waals surface area contributed by atoms with Gasteiger partial charge < -0.3 is 5.73 Å². The Bertz CT molecular complexity index is 282. The van der Waals surface area contributed by atoms with Crippen LogP contribution < -0.4 is 5.73 Å². The number of benzene rings is 1. The van der Waals surface area contributed by atoms with Gasteiger partial charge in [0.15, 0.2) is 0 Å². The molecule has 1 nitrogen and oxygen atoms in total. The van der Waals surface area contributed by atoms with Gasteiger partial charge in [0.25, 0.3) is 5.92 Å². The van der Waals surface area contributed by atoms with E-state index >= 15 is 0 Å². The Labute approximate surface area is 75.9 Å². The van der Waals surface area contributed by atoms with Crippen LogP contribution in [0.25, 0.3) is 0 Å². The first kappa shape index (κ1) is 9.86. The third kappa shape index (κ3) is 1.92. The molecule has 70 valence electrons. The summed E-state index contributed by atoms with van der Waals surface area (Å²) in [4.78, 5) is 0. The van der Waals surface area contributed by atoms with Crippen molar-refractivity contribution in [2.45, 2.75) is 12.0 Å². The van der Waals surface area contributed by atoms with Crippen LogP contribution in [-0.4, -0.2) is 6.04 Å². The Morgan fingerprint density at radius 3 is 2.31 bits per heavy atom. The fourth-order valence-electron chi connectivity index (χ4n) is 1.00. The van der Waals surface area contributed by atoms with Crippen molar-refractivity contribution in [3.8, 4) is 0 Å². The number of alkyl halides is 2. The smallest absolute Gasteiger partial charge is 0.291 e. The summed E-state index contributed by atoms with van der Waals surface area (Å²) in [6.07, 6.45) is 1.05. The van der Waals surface area contributed by atoms with E-state index < -0.39 is 12.0 Å². The van der Waals surface area contributed by atoms with Crippen LogP contribution in [-0.2, 0) is 5.92 Å². The summed E-state index contributed by atoms with van der Waals surface area (Å²) in [7, 11) is 0. The molecule has 0 aromatic heterocycles. The van der Waals surface area contributed by atoms with Crippen molar-refractivity contribution in [2.75, 3.05) is 0 Å². The normalized spacial score (nSPS) is 13.8. The van der Waals surface area contributed by atoms with Crippen LogP contribution in [0.4, 0.5) is 8.78 Å². The quantitative estimate of drug-likeness (QED) is 0.715. The van der Waals surface area contributed by atoms with E-state index in [1.54, 1.807) is 18.2 Å². The SMILES string of the molecule is C=CC(N)C(F)(F)c1ccccc1. The predicted molar refractivity (Wildman–Crippen MR) is 48.5 cm³/mol. The molecule has 1 aromatic carbocycles. The van der Waals surface area contributed by atoms with Crippen LogP contribution in [0.1, 0.15) is 5.56 Å². The Morgan fingerprint density at radius 2 is 1.85 bits per heavy atom. The van der Waals surface area contributed by atoms with E-state index in [1.807, 2.05) is 0 Å². The third-order valence-electron chi connectivity index (χ3n) is 1.83. The molecule has 0 radical (unpaired) electrons. The highest BCUT2D eigenvalue weighted by Crippen LogP contribution is 2.30. The highest BCUT2D eigenvalue weighted by molar-refractivity contribution is 5.23. The molecule has 1 atom stereocenters. The Hall–Kier alpha value is -1.22. The zero-order chi connectivity index (χ0) is 9.90. The summed E-state index contributed by atoms with van der Waals surface area (Å²) in [5.74, 6) is -3.04. The molecule has 13 heavy (non-hydrogen) atoms. The molecule has 0 aliphatic heterocycles. The van der Waals surface area contributed by atoms with Crippen LogP contribution in [0.15, 0.2) is 43.0 Å². The van der Waals surface area contributed by atoms with Gasteiger partial charge in [0.2, 0.25) is 0 Å². The molecule has 1 rings (SSSR count). The highest BCUT2D eigenvalue weighted by Gasteiger charge is 2.36. The fourth-order valence-corrected chi connectivity index (χ4v) is 1.00. The molecule has 0 saturated heterocycles. The molecule has 0 aliphatic rings. The first-order chi connectivity index (χ1) is 6.09. The lowest BCUT2D eigenvalue weighted by atomic mass is 10.0. The van der Waals surface area contributed by atoms with E-state index in [0.717, 1.165) is 6.08 Å². The number of nitrogens with two attached hydrogens (primary N) is 1. The first-order valence-corrected chi connectivity index (χ1v) is 3.90. The van der Waals surface area contributed by atoms with Crippen LogP contribution in [0.5, 0.6) is 0 Å². The number of halogens is 2. The van der Waals surface area contributed by atoms with E-state index in [9.17, 15) is 8.78 Å². The third-order valence-corrected chi connectivity index (χ3v) is 1.83. The average Bonchev–Trinajstić information content (AvgIpc) is 2.18. The van der Waals surface area contributed by atoms with E-state index in [2.05, 4.69) is 6.58 Å². The Morgan fingerprint density at radius 1 is 1.31 bits per heavy atom. The van der Waals surface area contributed by atoms with Crippen LogP contribution in [0.2, 0.25) is 0 Å². The van der Waals surface area contributed by atoms with Gasteiger partial charge in [-0.3, -0.25) is 0 Å². The average molecular weight is 183 g/mol. The molecule has 3 heteroatoms. The Balaban J connectivity index is 3.00. The molecule has 2 N–H and O–H groups in total. The molecule has 0 aliphatic carbocycles. The number of hydrogen-bond acceptors (Lipinski definition) is 1. The second kappa shape index (κ2) is 3.66. The summed E-state index contributed by atoms with van der Waals surface area (Å²) in [6, 6.07) is 6.15. The van der Waals surface area contributed by atoms with Gasteiger partial charge in [0.1, 0.15) is 0 Å². The summed E-state index contributed by atoms with van der Waals surface area (Å²) >= 11 is 0. The van der Waals surface area contributed by atoms with E-state index in [1.165, 1.54) is 12.1 Å². The van der Waals surface area contributed by atoms with Gasteiger partial charge in [0.05, 0.1) is 6.04 Å². The van der Waals surface area contributed by atoms with Crippen molar-refractivity contribution < 1.29 is 8.78 Å². The van der Waals surface area contributed by atoms with Gasteiger partial charge in [-0.25, -0.2) is 0 Å². The minimum absolute atomic E-state index is 0.0811. The predicted octanol–water partition coefficient (Wildman–Crippen LogP) is 2.29. The highest BCUT2D eigenvalue weighted by atomic mass is 19.3. The van der Waals surface area contributed by atoms with E-state index in [0.29, 0.717) is 0 Å². The molecule has 0 saturated carbocycles. The van der Waals surface area contributed by atoms with Crippen molar-refractivity contribution in [3.05, 3.63) is 48.6 Å². The second-order valence-corrected chi connectivity index (χ2v) is 2.75. The zero-order valence-electron chi connectivity index (χ0n) is 7.08. The largest absolute Gasteiger partial charge is 0.319 e. The standard InChI is InChI=1S/C10H11F2N/c1-2-9(13)10(11,12)8-6-4-3-5-7-8/h2-7,9H,1,13H2. The van der Waals surface area contributed by atoms with Gasteiger partial charge in [0, 0.05) is 5.56 Å². The van der Waals surface area contributed by atoms with Crippen molar-refractivity contribution in [1.29, 1.82) is 0 Å². The molecule has 0 fully saturated rings. The maximum atomic E-state index is 13.4. The summed E-state index contributed by atoms with van der Waals surface area (Å²) < 4.78 is 26.7. The van der Waals surface area contributed by atoms with Crippen molar-refractivity contribution in [2.24, 2.45) is 5.73 Å². The molecule has 0 heterocycles. The molecule has 0 bridgehead atoms. The van der Waals surface area contributed by atoms with Gasteiger partial charge in [-0.15, -0.1) is 6.58 Å². The molecule has 1 aromatic rings. The van der Waals surface area contributed by atoms with Gasteiger partial charge in [-0.1, -0.05) is 36.4 Å². The minimum Gasteiger partial charge on any atom is -0.319 e. The minimum atomic E-state index is -3.04. The topological polar surface area (TPSA) is 26.0 Å². The summed E-state index contributed by atoms with van der Waals surface area (Å²) in [5.41, 5.74) is 5.13.